The number of ether oxygens (including phenoxy) is 2. The van der Waals surface area contributed by atoms with E-state index in [-0.39, 0.29) is 13.4 Å². The predicted octanol–water partition coefficient (Wildman–Crippen LogP) is 19.4. The first-order valence-corrected chi connectivity index (χ1v) is 33.6. The first kappa shape index (κ1) is 52.0. The first-order valence-electron chi connectivity index (χ1n) is 32.0. The topological polar surface area (TPSA) is 37.9 Å². The standard InChI is InChI=1S/C82H50B2N6O2S2/c1-5-25-51(26-6-1)85-65-49-60-66(50-59(65)83-77-57-33-13-23-43-75(57)93-81(77)89(53-29-9-3-10-30-53)69-47-55(45-67(85)79(69)83)87-61-35-15-19-39-71(61)91-72-40-20-16-36-62(72)87)86(52-27-7-2-8-28-52)68-46-56(88-63-37-17-21-41-73(63)92-74-42-22-18-38-64(74)88)48-70-80(68)84(60)78-58-34-14-24-44-76(58)94-82(78)90(70)54-31-11-4-12-32-54/h1-50H. The van der Waals surface area contributed by atoms with Crippen molar-refractivity contribution in [1.82, 2.24) is 0 Å². The van der Waals surface area contributed by atoms with Gasteiger partial charge in [0.15, 0.2) is 23.0 Å². The van der Waals surface area contributed by atoms with Crippen LogP contribution >= 0.6 is 22.7 Å². The molecule has 8 nitrogen and oxygen atoms in total. The zero-order valence-electron chi connectivity index (χ0n) is 50.3. The summed E-state index contributed by atoms with van der Waals surface area (Å²) in [5, 5.41) is 4.94. The zero-order chi connectivity index (χ0) is 61.3. The van der Waals surface area contributed by atoms with E-state index in [0.29, 0.717) is 0 Å². The minimum absolute atomic E-state index is 0.213. The zero-order valence-corrected chi connectivity index (χ0v) is 52.0. The second kappa shape index (κ2) is 19.9. The van der Waals surface area contributed by atoms with Crippen LogP contribution in [0.2, 0.25) is 0 Å². The summed E-state index contributed by atoms with van der Waals surface area (Å²) < 4.78 is 16.0. The molecule has 13 aromatic carbocycles. The molecule has 0 atom stereocenters. The van der Waals surface area contributed by atoms with Crippen LogP contribution in [0.25, 0.3) is 20.2 Å². The Balaban J connectivity index is 0.907. The van der Waals surface area contributed by atoms with Crippen molar-refractivity contribution in [2.75, 3.05) is 29.4 Å². The van der Waals surface area contributed by atoms with Crippen molar-refractivity contribution in [3.8, 4) is 23.0 Å². The molecule has 0 N–H and O–H groups in total. The summed E-state index contributed by atoms with van der Waals surface area (Å²) in [4.78, 5) is 15.1. The molecule has 12 heteroatoms. The Morgan fingerprint density at radius 1 is 0.223 bits per heavy atom. The highest BCUT2D eigenvalue weighted by molar-refractivity contribution is 7.27. The molecule has 438 valence electrons. The number of anilines is 18. The van der Waals surface area contributed by atoms with Crippen LogP contribution < -0.4 is 71.7 Å². The molecule has 0 saturated heterocycles. The Labute approximate surface area is 551 Å². The fraction of sp³-hybridized carbons (Fsp3) is 0. The van der Waals surface area contributed by atoms with Gasteiger partial charge in [0.1, 0.15) is 0 Å². The molecule has 0 fully saturated rings. The van der Waals surface area contributed by atoms with Crippen molar-refractivity contribution < 1.29 is 9.47 Å². The maximum absolute atomic E-state index is 6.76. The quantitative estimate of drug-likeness (QED) is 0.153. The summed E-state index contributed by atoms with van der Waals surface area (Å²) in [6.07, 6.45) is 0. The van der Waals surface area contributed by atoms with Crippen molar-refractivity contribution >= 4 is 190 Å². The van der Waals surface area contributed by atoms with Gasteiger partial charge in [0, 0.05) is 66.3 Å². The van der Waals surface area contributed by atoms with E-state index in [4.69, 9.17) is 9.47 Å². The average Bonchev–Trinajstić information content (AvgIpc) is 1.16. The molecule has 8 heterocycles. The smallest absolute Gasteiger partial charge is 0.254 e. The predicted molar refractivity (Wildman–Crippen MR) is 395 cm³/mol. The Bertz CT molecular complexity index is 5230. The first-order chi connectivity index (χ1) is 46.7. The molecule has 0 aliphatic carbocycles. The molecule has 6 aliphatic rings. The molecule has 6 aliphatic heterocycles. The van der Waals surface area contributed by atoms with Crippen molar-refractivity contribution in [1.29, 1.82) is 0 Å². The van der Waals surface area contributed by atoms with Gasteiger partial charge in [-0.2, -0.15) is 0 Å². The molecular weight excluding hydrogens is 1190 g/mol. The highest BCUT2D eigenvalue weighted by Crippen LogP contribution is 2.58. The van der Waals surface area contributed by atoms with Crippen LogP contribution in [0.15, 0.2) is 303 Å². The summed E-state index contributed by atoms with van der Waals surface area (Å²) in [5.41, 5.74) is 24.7. The van der Waals surface area contributed by atoms with Crippen molar-refractivity contribution in [2.45, 2.75) is 0 Å². The Hall–Kier alpha value is -11.7. The third kappa shape index (κ3) is 7.34. The van der Waals surface area contributed by atoms with Crippen molar-refractivity contribution in [3.05, 3.63) is 303 Å². The fourth-order valence-corrected chi connectivity index (χ4v) is 18.5. The average molecular weight is 1240 g/mol. The van der Waals surface area contributed by atoms with E-state index in [1.807, 2.05) is 22.7 Å². The van der Waals surface area contributed by atoms with Crippen LogP contribution in [-0.4, -0.2) is 13.4 Å². The van der Waals surface area contributed by atoms with Crippen LogP contribution in [0.4, 0.5) is 101 Å². The number of para-hydroxylation sites is 12. The van der Waals surface area contributed by atoms with E-state index in [2.05, 4.69) is 333 Å². The summed E-state index contributed by atoms with van der Waals surface area (Å²) in [7, 11) is 0. The van der Waals surface area contributed by atoms with Gasteiger partial charge in [0.25, 0.3) is 13.4 Å². The maximum atomic E-state index is 6.76. The van der Waals surface area contributed by atoms with Crippen LogP contribution in [0.3, 0.4) is 0 Å². The second-order valence-electron chi connectivity index (χ2n) is 24.7. The molecule has 0 bridgehead atoms. The molecule has 15 aromatic rings. The van der Waals surface area contributed by atoms with E-state index in [9.17, 15) is 0 Å². The van der Waals surface area contributed by atoms with Gasteiger partial charge >= 0.3 is 0 Å². The lowest BCUT2D eigenvalue weighted by Crippen LogP contribution is -2.64. The fourth-order valence-electron chi connectivity index (χ4n) is 16.0. The second-order valence-corrected chi connectivity index (χ2v) is 26.8. The molecule has 0 amide bonds. The van der Waals surface area contributed by atoms with E-state index in [1.54, 1.807) is 0 Å². The van der Waals surface area contributed by atoms with Crippen LogP contribution in [0.5, 0.6) is 23.0 Å². The normalized spacial score (nSPS) is 14.0. The van der Waals surface area contributed by atoms with Gasteiger partial charge in [0.05, 0.1) is 44.1 Å². The van der Waals surface area contributed by atoms with Crippen LogP contribution in [0.1, 0.15) is 0 Å². The highest BCUT2D eigenvalue weighted by Gasteiger charge is 2.51. The molecule has 0 spiro atoms. The Morgan fingerprint density at radius 2 is 0.500 bits per heavy atom. The van der Waals surface area contributed by atoms with Gasteiger partial charge in [-0.05, 0) is 189 Å². The summed E-state index contributed by atoms with van der Waals surface area (Å²) in [6, 6.07) is 111. The third-order valence-corrected chi connectivity index (χ3v) is 22.1. The maximum Gasteiger partial charge on any atom is 0.254 e. The number of rotatable bonds is 6. The van der Waals surface area contributed by atoms with E-state index >= 15 is 0 Å². The molecule has 0 radical (unpaired) electrons. The molecule has 94 heavy (non-hydrogen) atoms. The lowest BCUT2D eigenvalue weighted by Gasteiger charge is -2.47. The van der Waals surface area contributed by atoms with Crippen LogP contribution in [0, 0.1) is 0 Å². The van der Waals surface area contributed by atoms with E-state index < -0.39 is 0 Å². The molecule has 0 saturated carbocycles. The third-order valence-electron chi connectivity index (χ3n) is 19.7. The lowest BCUT2D eigenvalue weighted by atomic mass is 9.31. The Kier molecular flexibility index (Phi) is 11.0. The Morgan fingerprint density at radius 3 is 0.851 bits per heavy atom. The van der Waals surface area contributed by atoms with Crippen molar-refractivity contribution in [2.24, 2.45) is 0 Å². The summed E-state index contributed by atoms with van der Waals surface area (Å²) in [5.74, 6) is 3.23. The van der Waals surface area contributed by atoms with Gasteiger partial charge in [-0.3, -0.25) is 0 Å². The van der Waals surface area contributed by atoms with Gasteiger partial charge in [-0.15, -0.1) is 22.7 Å². The number of hydrogen-bond acceptors (Lipinski definition) is 10. The van der Waals surface area contributed by atoms with Gasteiger partial charge in [-0.1, -0.05) is 158 Å². The van der Waals surface area contributed by atoms with Gasteiger partial charge in [-0.25, -0.2) is 0 Å². The van der Waals surface area contributed by atoms with Crippen LogP contribution in [-0.2, 0) is 0 Å². The number of hydrogen-bond donors (Lipinski definition) is 0. The lowest BCUT2D eigenvalue weighted by molar-refractivity contribution is 0.477. The van der Waals surface area contributed by atoms with Gasteiger partial charge < -0.3 is 38.9 Å². The number of nitrogens with zero attached hydrogens (tertiary/aromatic N) is 6. The summed E-state index contributed by atoms with van der Waals surface area (Å²) in [6.45, 7) is -0.427. The minimum atomic E-state index is -0.213. The number of thiophene rings is 2. The molecule has 2 aromatic heterocycles. The highest BCUT2D eigenvalue weighted by atomic mass is 32.1. The molecule has 21 rings (SSSR count). The minimum Gasteiger partial charge on any atom is -0.453 e. The SMILES string of the molecule is c1ccc(N2c3cc4c(cc3B3c5c2cc(N2c6ccccc6Oc6ccccc62)cc5N(c2ccccc2)c2sc5ccccc5c23)N(c2ccccc2)c2cc(N3c5ccccc5Oc5ccccc53)cc3c2B4c2c(sc4ccccc24)N3c2ccccc2)cc1. The monoisotopic (exact) mass is 1240 g/mol. The number of benzene rings is 13. The van der Waals surface area contributed by atoms with E-state index in [1.165, 1.54) is 63.0 Å². The largest absolute Gasteiger partial charge is 0.453 e. The number of fused-ring (bicyclic) bond motifs is 16. The molecule has 0 unspecified atom stereocenters. The molecular formula is C82H50B2N6O2S2. The van der Waals surface area contributed by atoms with Crippen molar-refractivity contribution in [3.63, 3.8) is 0 Å². The van der Waals surface area contributed by atoms with Gasteiger partial charge in [0.2, 0.25) is 0 Å². The summed E-state index contributed by atoms with van der Waals surface area (Å²) >= 11 is 3.77. The van der Waals surface area contributed by atoms with E-state index in [0.717, 1.165) is 114 Å².